The van der Waals surface area contributed by atoms with Crippen LogP contribution in [0.3, 0.4) is 0 Å². The van der Waals surface area contributed by atoms with E-state index in [1.54, 1.807) is 12.4 Å². The fourth-order valence-electron chi connectivity index (χ4n) is 1.06. The third-order valence-corrected chi connectivity index (χ3v) is 1.68. The molecule has 0 fully saturated rings. The molecular weight excluding hydrogens is 152 g/mol. The molecule has 0 radical (unpaired) electrons. The fraction of sp³-hybridized carbons (Fsp3) is 0.125. The molecule has 60 valence electrons. The van der Waals surface area contributed by atoms with Crippen LogP contribution in [-0.2, 0) is 0 Å². The zero-order valence-electron chi connectivity index (χ0n) is 6.65. The molecule has 0 atom stereocenters. The minimum atomic E-state index is 0.886. The van der Waals surface area contributed by atoms with E-state index in [9.17, 15) is 0 Å². The topological polar surface area (TPSA) is 54.5 Å². The van der Waals surface area contributed by atoms with Gasteiger partial charge in [0.15, 0.2) is 0 Å². The first kappa shape index (κ1) is 6.97. The second kappa shape index (κ2) is 2.73. The highest BCUT2D eigenvalue weighted by Crippen LogP contribution is 2.16. The predicted octanol–water partition coefficient (Wildman–Crippen LogP) is 1.18. The van der Waals surface area contributed by atoms with E-state index >= 15 is 0 Å². The first-order chi connectivity index (χ1) is 5.88. The van der Waals surface area contributed by atoms with Gasteiger partial charge < -0.3 is 0 Å². The molecule has 0 unspecified atom stereocenters. The zero-order valence-corrected chi connectivity index (χ0v) is 6.65. The lowest BCUT2D eigenvalue weighted by molar-refractivity contribution is 0.929. The summed E-state index contributed by atoms with van der Waals surface area (Å²) >= 11 is 0. The Morgan fingerprint density at radius 1 is 1.25 bits per heavy atom. The van der Waals surface area contributed by atoms with Crippen molar-refractivity contribution in [3.8, 4) is 11.3 Å². The van der Waals surface area contributed by atoms with Gasteiger partial charge in [0.1, 0.15) is 5.69 Å². The molecule has 4 nitrogen and oxygen atoms in total. The second-order valence-corrected chi connectivity index (χ2v) is 2.52. The van der Waals surface area contributed by atoms with Gasteiger partial charge in [0, 0.05) is 18.0 Å². The van der Waals surface area contributed by atoms with Crippen molar-refractivity contribution in [2.45, 2.75) is 6.92 Å². The molecule has 1 N–H and O–H groups in total. The van der Waals surface area contributed by atoms with Gasteiger partial charge in [0.05, 0.1) is 5.69 Å². The fourth-order valence-corrected chi connectivity index (χ4v) is 1.06. The molecule has 0 aromatic carbocycles. The summed E-state index contributed by atoms with van der Waals surface area (Å²) in [7, 11) is 0. The van der Waals surface area contributed by atoms with Crippen LogP contribution in [-0.4, -0.2) is 20.4 Å². The van der Waals surface area contributed by atoms with Crippen LogP contribution >= 0.6 is 0 Å². The third kappa shape index (κ3) is 1.07. The van der Waals surface area contributed by atoms with Gasteiger partial charge >= 0.3 is 0 Å². The van der Waals surface area contributed by atoms with Gasteiger partial charge in [-0.1, -0.05) is 5.21 Å². The third-order valence-electron chi connectivity index (χ3n) is 1.68. The largest absolute Gasteiger partial charge is 0.265 e. The number of nitrogens with zero attached hydrogens (tertiary/aromatic N) is 3. The quantitative estimate of drug-likeness (QED) is 0.681. The summed E-state index contributed by atoms with van der Waals surface area (Å²) in [5.74, 6) is 0. The van der Waals surface area contributed by atoms with Crippen LogP contribution in [0.2, 0.25) is 0 Å². The lowest BCUT2D eigenvalue weighted by atomic mass is 10.2. The summed E-state index contributed by atoms with van der Waals surface area (Å²) in [5.41, 5.74) is 2.90. The van der Waals surface area contributed by atoms with Crippen molar-refractivity contribution in [3.63, 3.8) is 0 Å². The number of aromatic amines is 1. The van der Waals surface area contributed by atoms with Gasteiger partial charge in [-0.25, -0.2) is 0 Å². The van der Waals surface area contributed by atoms with E-state index < -0.39 is 0 Å². The molecule has 12 heavy (non-hydrogen) atoms. The Hall–Kier alpha value is -1.71. The lowest BCUT2D eigenvalue weighted by Gasteiger charge is -1.94. The van der Waals surface area contributed by atoms with E-state index in [-0.39, 0.29) is 0 Å². The number of nitrogens with one attached hydrogen (secondary N) is 1. The van der Waals surface area contributed by atoms with E-state index in [1.165, 1.54) is 0 Å². The zero-order chi connectivity index (χ0) is 8.39. The predicted molar refractivity (Wildman–Crippen MR) is 44.4 cm³/mol. The van der Waals surface area contributed by atoms with Gasteiger partial charge in [-0.05, 0) is 19.1 Å². The van der Waals surface area contributed by atoms with E-state index in [4.69, 9.17) is 0 Å². The van der Waals surface area contributed by atoms with Crippen LogP contribution in [0.4, 0.5) is 0 Å². The number of rotatable bonds is 1. The average Bonchev–Trinajstić information content (AvgIpc) is 2.53. The number of aryl methyl sites for hydroxylation is 1. The number of H-pyrrole nitrogens is 1. The molecule has 0 aliphatic rings. The van der Waals surface area contributed by atoms with Crippen molar-refractivity contribution in [3.05, 3.63) is 30.2 Å². The van der Waals surface area contributed by atoms with Gasteiger partial charge in [-0.3, -0.25) is 10.1 Å². The number of hydrogen-bond acceptors (Lipinski definition) is 3. The Morgan fingerprint density at radius 2 is 2.00 bits per heavy atom. The molecule has 2 rings (SSSR count). The van der Waals surface area contributed by atoms with Crippen LogP contribution in [0.15, 0.2) is 24.5 Å². The highest BCUT2D eigenvalue weighted by Gasteiger charge is 2.03. The summed E-state index contributed by atoms with van der Waals surface area (Å²) in [6, 6.07) is 3.82. The van der Waals surface area contributed by atoms with Crippen LogP contribution in [0, 0.1) is 6.92 Å². The van der Waals surface area contributed by atoms with E-state index in [0.29, 0.717) is 0 Å². The van der Waals surface area contributed by atoms with Crippen molar-refractivity contribution in [2.24, 2.45) is 0 Å². The Bertz CT molecular complexity index is 366. The monoisotopic (exact) mass is 160 g/mol. The molecule has 0 saturated carbocycles. The molecule has 0 aliphatic heterocycles. The summed E-state index contributed by atoms with van der Waals surface area (Å²) in [5, 5.41) is 10.4. The first-order valence-electron chi connectivity index (χ1n) is 3.66. The van der Waals surface area contributed by atoms with Crippen molar-refractivity contribution < 1.29 is 0 Å². The highest BCUT2D eigenvalue weighted by atomic mass is 15.3. The van der Waals surface area contributed by atoms with Crippen molar-refractivity contribution in [1.82, 2.24) is 20.4 Å². The number of aromatic nitrogens is 4. The molecule has 0 spiro atoms. The molecule has 2 aromatic heterocycles. The van der Waals surface area contributed by atoms with Crippen molar-refractivity contribution >= 4 is 0 Å². The highest BCUT2D eigenvalue weighted by molar-refractivity contribution is 5.59. The molecule has 2 aromatic rings. The number of pyridine rings is 1. The number of hydrogen-bond donors (Lipinski definition) is 1. The minimum Gasteiger partial charge on any atom is -0.265 e. The Kier molecular flexibility index (Phi) is 1.59. The van der Waals surface area contributed by atoms with Gasteiger partial charge in [-0.2, -0.15) is 0 Å². The molecule has 2 heterocycles. The summed E-state index contributed by atoms with van der Waals surface area (Å²) in [6.07, 6.45) is 3.48. The van der Waals surface area contributed by atoms with Crippen LogP contribution < -0.4 is 0 Å². The normalized spacial score (nSPS) is 10.1. The molecule has 0 aliphatic carbocycles. The standard InChI is InChI=1S/C8H8N4/c1-6-8(11-12-10-6)7-2-4-9-5-3-7/h2-5H,1H3,(H,10,11,12). The maximum absolute atomic E-state index is 3.95. The van der Waals surface area contributed by atoms with Gasteiger partial charge in [0.25, 0.3) is 0 Å². The van der Waals surface area contributed by atoms with Crippen molar-refractivity contribution in [1.29, 1.82) is 0 Å². The molecular formula is C8H8N4. The van der Waals surface area contributed by atoms with E-state index in [0.717, 1.165) is 17.0 Å². The van der Waals surface area contributed by atoms with Gasteiger partial charge in [0.2, 0.25) is 0 Å². The summed E-state index contributed by atoms with van der Waals surface area (Å²) in [4.78, 5) is 3.93. The SMILES string of the molecule is Cc1[nH]nnc1-c1ccncc1. The lowest BCUT2D eigenvalue weighted by Crippen LogP contribution is -1.81. The Labute approximate surface area is 69.7 Å². The maximum Gasteiger partial charge on any atom is 0.115 e. The molecule has 4 heteroatoms. The molecule has 0 amide bonds. The second-order valence-electron chi connectivity index (χ2n) is 2.52. The van der Waals surface area contributed by atoms with E-state index in [1.807, 2.05) is 19.1 Å². The van der Waals surface area contributed by atoms with Crippen molar-refractivity contribution in [2.75, 3.05) is 0 Å². The van der Waals surface area contributed by atoms with Crippen LogP contribution in [0.1, 0.15) is 5.69 Å². The molecule has 0 saturated heterocycles. The van der Waals surface area contributed by atoms with Crippen LogP contribution in [0.5, 0.6) is 0 Å². The smallest absolute Gasteiger partial charge is 0.115 e. The van der Waals surface area contributed by atoms with Gasteiger partial charge in [-0.15, -0.1) is 5.10 Å². The Morgan fingerprint density at radius 3 is 2.58 bits per heavy atom. The average molecular weight is 160 g/mol. The Balaban J connectivity index is 2.51. The maximum atomic E-state index is 3.95. The summed E-state index contributed by atoms with van der Waals surface area (Å²) in [6.45, 7) is 1.94. The molecule has 0 bridgehead atoms. The van der Waals surface area contributed by atoms with Crippen LogP contribution in [0.25, 0.3) is 11.3 Å². The minimum absolute atomic E-state index is 0.886. The first-order valence-corrected chi connectivity index (χ1v) is 3.66. The summed E-state index contributed by atoms with van der Waals surface area (Å²) < 4.78 is 0. The van der Waals surface area contributed by atoms with E-state index in [2.05, 4.69) is 20.4 Å².